The molecule has 1 aliphatic rings. The summed E-state index contributed by atoms with van der Waals surface area (Å²) in [7, 11) is 0. The Morgan fingerprint density at radius 2 is 2.00 bits per heavy atom. The van der Waals surface area contributed by atoms with Gasteiger partial charge in [-0.1, -0.05) is 17.7 Å². The average molecular weight is 359 g/mol. The third-order valence-corrected chi connectivity index (χ3v) is 4.22. The summed E-state index contributed by atoms with van der Waals surface area (Å²) < 4.78 is 10.7. The largest absolute Gasteiger partial charge is 0.454 e. The third kappa shape index (κ3) is 2.66. The van der Waals surface area contributed by atoms with E-state index in [4.69, 9.17) is 26.8 Å². The van der Waals surface area contributed by atoms with Crippen LogP contribution in [0, 0.1) is 10.1 Å². The zero-order chi connectivity index (χ0) is 17.6. The number of nitro benzene ring substituents is 1. The second-order valence-electron chi connectivity index (χ2n) is 5.52. The summed E-state index contributed by atoms with van der Waals surface area (Å²) in [6, 6.07) is 8.20. The first-order chi connectivity index (χ1) is 12.0. The number of benzene rings is 2. The number of halogens is 1. The molecule has 0 atom stereocenters. The Morgan fingerprint density at radius 3 is 2.80 bits per heavy atom. The van der Waals surface area contributed by atoms with Crippen molar-refractivity contribution in [3.8, 4) is 11.5 Å². The van der Waals surface area contributed by atoms with E-state index in [0.29, 0.717) is 34.4 Å². The highest BCUT2D eigenvalue weighted by Gasteiger charge is 2.18. The Morgan fingerprint density at radius 1 is 1.20 bits per heavy atom. The Kier molecular flexibility index (Phi) is 3.54. The van der Waals surface area contributed by atoms with Gasteiger partial charge >= 0.3 is 0 Å². The fourth-order valence-corrected chi connectivity index (χ4v) is 3.00. The molecule has 0 radical (unpaired) electrons. The number of hydrogen-bond donors (Lipinski definition) is 1. The van der Waals surface area contributed by atoms with Crippen molar-refractivity contribution in [1.29, 1.82) is 0 Å². The van der Waals surface area contributed by atoms with Gasteiger partial charge in [-0.3, -0.25) is 10.1 Å². The highest BCUT2D eigenvalue weighted by molar-refractivity contribution is 6.34. The van der Waals surface area contributed by atoms with E-state index in [1.807, 2.05) is 18.2 Å². The van der Waals surface area contributed by atoms with Gasteiger partial charge in [0.2, 0.25) is 6.79 Å². The lowest BCUT2D eigenvalue weighted by atomic mass is 10.0. The van der Waals surface area contributed by atoms with Gasteiger partial charge in [-0.2, -0.15) is 5.10 Å². The molecule has 1 aliphatic heterocycles. The van der Waals surface area contributed by atoms with Crippen molar-refractivity contribution in [1.82, 2.24) is 10.2 Å². The molecule has 0 bridgehead atoms. The minimum Gasteiger partial charge on any atom is -0.454 e. The van der Waals surface area contributed by atoms with Crippen LogP contribution in [0.25, 0.3) is 10.8 Å². The molecule has 0 saturated carbocycles. The minimum atomic E-state index is -0.524. The van der Waals surface area contributed by atoms with Crippen LogP contribution in [0.4, 0.5) is 11.4 Å². The maximum absolute atomic E-state index is 11.0. The van der Waals surface area contributed by atoms with Crippen LogP contribution in [0.1, 0.15) is 11.3 Å². The van der Waals surface area contributed by atoms with Crippen LogP contribution in [-0.4, -0.2) is 21.9 Å². The van der Waals surface area contributed by atoms with Crippen LogP contribution in [0.3, 0.4) is 0 Å². The first kappa shape index (κ1) is 15.4. The predicted molar refractivity (Wildman–Crippen MR) is 91.0 cm³/mol. The van der Waals surface area contributed by atoms with E-state index in [1.165, 1.54) is 12.1 Å². The normalized spacial score (nSPS) is 12.5. The van der Waals surface area contributed by atoms with Crippen LogP contribution < -0.4 is 15.2 Å². The second-order valence-corrected chi connectivity index (χ2v) is 5.87. The molecule has 0 aliphatic carbocycles. The first-order valence-corrected chi connectivity index (χ1v) is 7.68. The van der Waals surface area contributed by atoms with Crippen molar-refractivity contribution in [2.75, 3.05) is 12.5 Å². The van der Waals surface area contributed by atoms with E-state index in [2.05, 4.69) is 10.2 Å². The summed E-state index contributed by atoms with van der Waals surface area (Å²) in [6.45, 7) is 0.194. The first-order valence-electron chi connectivity index (χ1n) is 7.30. The molecule has 126 valence electrons. The number of nitro groups is 1. The number of aromatic nitrogens is 2. The molecule has 9 heteroatoms. The fraction of sp³-hybridized carbons (Fsp3) is 0.125. The molecule has 0 amide bonds. The van der Waals surface area contributed by atoms with Crippen molar-refractivity contribution in [3.05, 3.63) is 56.9 Å². The van der Waals surface area contributed by atoms with Gasteiger partial charge in [0.05, 0.1) is 10.6 Å². The summed E-state index contributed by atoms with van der Waals surface area (Å²) in [5.74, 6) is 1.35. The van der Waals surface area contributed by atoms with Crippen molar-refractivity contribution in [3.63, 3.8) is 0 Å². The number of anilines is 1. The molecule has 0 saturated heterocycles. The van der Waals surface area contributed by atoms with Gasteiger partial charge in [0, 0.05) is 35.0 Å². The Labute approximate surface area is 146 Å². The SMILES string of the molecule is Nc1cc([N+](=O)[O-])cc2c(Cl)nnc(Cc3ccc4c(c3)OCO4)c12. The van der Waals surface area contributed by atoms with E-state index >= 15 is 0 Å². The molecule has 2 aromatic carbocycles. The Hall–Kier alpha value is -3.13. The topological polar surface area (TPSA) is 113 Å². The standard InChI is InChI=1S/C16H11ClN4O4/c17-16-10-5-9(21(22)23)6-11(18)15(10)12(19-20-16)3-8-1-2-13-14(4-8)25-7-24-13/h1-2,4-6H,3,7,18H2. The number of fused-ring (bicyclic) bond motifs is 2. The number of nitrogens with zero attached hydrogens (tertiary/aromatic N) is 3. The van der Waals surface area contributed by atoms with E-state index in [-0.39, 0.29) is 23.3 Å². The molecular formula is C16H11ClN4O4. The van der Waals surface area contributed by atoms with Gasteiger partial charge < -0.3 is 15.2 Å². The van der Waals surface area contributed by atoms with Gasteiger partial charge in [-0.25, -0.2) is 0 Å². The number of rotatable bonds is 3. The molecule has 25 heavy (non-hydrogen) atoms. The van der Waals surface area contributed by atoms with Crippen LogP contribution in [0.2, 0.25) is 5.15 Å². The van der Waals surface area contributed by atoms with E-state index in [1.54, 1.807) is 0 Å². The highest BCUT2D eigenvalue weighted by atomic mass is 35.5. The molecule has 0 fully saturated rings. The third-order valence-electron chi connectivity index (χ3n) is 3.94. The van der Waals surface area contributed by atoms with E-state index in [9.17, 15) is 10.1 Å². The van der Waals surface area contributed by atoms with Gasteiger partial charge in [-0.05, 0) is 17.7 Å². The maximum Gasteiger partial charge on any atom is 0.272 e. The molecule has 0 unspecified atom stereocenters. The zero-order valence-corrected chi connectivity index (χ0v) is 13.5. The van der Waals surface area contributed by atoms with Gasteiger partial charge in [0.15, 0.2) is 16.7 Å². The molecule has 2 heterocycles. The number of ether oxygens (including phenoxy) is 2. The highest BCUT2D eigenvalue weighted by Crippen LogP contribution is 2.36. The second kappa shape index (κ2) is 5.75. The summed E-state index contributed by atoms with van der Waals surface area (Å²) in [5, 5.41) is 20.1. The molecule has 1 aromatic heterocycles. The van der Waals surface area contributed by atoms with Gasteiger partial charge in [0.25, 0.3) is 5.69 Å². The van der Waals surface area contributed by atoms with Gasteiger partial charge in [0.1, 0.15) is 0 Å². The van der Waals surface area contributed by atoms with Crippen molar-refractivity contribution in [2.24, 2.45) is 0 Å². The smallest absolute Gasteiger partial charge is 0.272 e. The molecule has 3 aromatic rings. The predicted octanol–water partition coefficient (Wildman–Crippen LogP) is 3.09. The van der Waals surface area contributed by atoms with Crippen LogP contribution in [0.15, 0.2) is 30.3 Å². The maximum atomic E-state index is 11.0. The minimum absolute atomic E-state index is 0.0693. The average Bonchev–Trinajstić information content (AvgIpc) is 3.05. The summed E-state index contributed by atoms with van der Waals surface area (Å²) in [4.78, 5) is 10.5. The van der Waals surface area contributed by atoms with Crippen molar-refractivity contribution >= 4 is 33.7 Å². The van der Waals surface area contributed by atoms with Gasteiger partial charge in [-0.15, -0.1) is 5.10 Å². The van der Waals surface area contributed by atoms with E-state index < -0.39 is 4.92 Å². The molecular weight excluding hydrogens is 348 g/mol. The molecule has 2 N–H and O–H groups in total. The number of non-ortho nitro benzene ring substituents is 1. The lowest BCUT2D eigenvalue weighted by Gasteiger charge is -2.09. The van der Waals surface area contributed by atoms with E-state index in [0.717, 1.165) is 5.56 Å². The molecule has 0 spiro atoms. The van der Waals surface area contributed by atoms with Crippen molar-refractivity contribution in [2.45, 2.75) is 6.42 Å². The summed E-state index contributed by atoms with van der Waals surface area (Å²) in [5.41, 5.74) is 7.61. The number of nitrogen functional groups attached to an aromatic ring is 1. The van der Waals surface area contributed by atoms with Crippen molar-refractivity contribution < 1.29 is 14.4 Å². The fourth-order valence-electron chi connectivity index (χ4n) is 2.82. The van der Waals surface area contributed by atoms with Crippen LogP contribution in [-0.2, 0) is 6.42 Å². The summed E-state index contributed by atoms with van der Waals surface area (Å²) in [6.07, 6.45) is 0.416. The lowest BCUT2D eigenvalue weighted by molar-refractivity contribution is -0.384. The van der Waals surface area contributed by atoms with Crippen LogP contribution >= 0.6 is 11.6 Å². The Bertz CT molecular complexity index is 1020. The molecule has 4 rings (SSSR count). The summed E-state index contributed by atoms with van der Waals surface area (Å²) >= 11 is 6.07. The zero-order valence-electron chi connectivity index (χ0n) is 12.7. The number of hydrogen-bond acceptors (Lipinski definition) is 7. The van der Waals surface area contributed by atoms with Crippen LogP contribution in [0.5, 0.6) is 11.5 Å². The monoisotopic (exact) mass is 358 g/mol. The Balaban J connectivity index is 1.82. The lowest BCUT2D eigenvalue weighted by Crippen LogP contribution is -2.02. The molecule has 8 nitrogen and oxygen atoms in total. The quantitative estimate of drug-likeness (QED) is 0.434. The number of nitrogens with two attached hydrogens (primary N) is 1.